The van der Waals surface area contributed by atoms with Crippen molar-refractivity contribution >= 4 is 5.91 Å². The minimum Gasteiger partial charge on any atom is -0.493 e. The van der Waals surface area contributed by atoms with Gasteiger partial charge in [-0.3, -0.25) is 4.79 Å². The van der Waals surface area contributed by atoms with Crippen LogP contribution < -0.4 is 14.8 Å². The maximum Gasteiger partial charge on any atom is 0.387 e. The maximum atomic E-state index is 12.3. The van der Waals surface area contributed by atoms with Crippen LogP contribution in [0, 0.1) is 13.8 Å². The number of hydrogen-bond donors (Lipinski definition) is 1. The number of amides is 1. The van der Waals surface area contributed by atoms with E-state index in [1.54, 1.807) is 12.1 Å². The Hall–Kier alpha value is -2.64. The van der Waals surface area contributed by atoms with Crippen molar-refractivity contribution in [1.29, 1.82) is 0 Å². The smallest absolute Gasteiger partial charge is 0.387 e. The highest BCUT2D eigenvalue weighted by Crippen LogP contribution is 2.29. The molecule has 1 aromatic carbocycles. The van der Waals surface area contributed by atoms with E-state index in [-0.39, 0.29) is 24.0 Å². The Morgan fingerprint density at radius 2 is 2.08 bits per heavy atom. The molecule has 0 radical (unpaired) electrons. The molecule has 0 unspecified atom stereocenters. The number of carbonyl (C=O) groups is 1. The lowest BCUT2D eigenvalue weighted by Crippen LogP contribution is -2.23. The zero-order valence-corrected chi connectivity index (χ0v) is 14.3. The minimum atomic E-state index is -2.93. The molecule has 0 saturated carbocycles. The molecule has 25 heavy (non-hydrogen) atoms. The molecule has 0 atom stereocenters. The summed E-state index contributed by atoms with van der Waals surface area (Å²) in [4.78, 5) is 12.0. The Morgan fingerprint density at radius 3 is 2.68 bits per heavy atom. The molecule has 8 heteroatoms. The van der Waals surface area contributed by atoms with Gasteiger partial charge in [-0.2, -0.15) is 8.78 Å². The zero-order valence-electron chi connectivity index (χ0n) is 14.3. The summed E-state index contributed by atoms with van der Waals surface area (Å²) in [6, 6.07) is 4.53. The van der Waals surface area contributed by atoms with Crippen molar-refractivity contribution in [3.05, 3.63) is 40.8 Å². The van der Waals surface area contributed by atoms with E-state index in [9.17, 15) is 13.6 Å². The van der Waals surface area contributed by atoms with Crippen molar-refractivity contribution in [3.63, 3.8) is 0 Å². The van der Waals surface area contributed by atoms with Gasteiger partial charge in [0, 0.05) is 18.5 Å². The second kappa shape index (κ2) is 8.46. The lowest BCUT2D eigenvalue weighted by molar-refractivity contribution is -0.121. The molecule has 1 heterocycles. The lowest BCUT2D eigenvalue weighted by atomic mass is 10.1. The Bertz CT molecular complexity index is 712. The summed E-state index contributed by atoms with van der Waals surface area (Å²) in [7, 11) is 1.36. The van der Waals surface area contributed by atoms with Gasteiger partial charge >= 0.3 is 6.61 Å². The number of rotatable bonds is 8. The number of nitrogens with one attached hydrogen (secondary N) is 1. The summed E-state index contributed by atoms with van der Waals surface area (Å²) in [6.07, 6.45) is 0.837. The third-order valence-corrected chi connectivity index (χ3v) is 3.72. The number of aryl methyl sites for hydroxylation is 2. The third kappa shape index (κ3) is 5.17. The molecule has 136 valence electrons. The quantitative estimate of drug-likeness (QED) is 0.788. The number of carbonyl (C=O) groups excluding carboxylic acids is 1. The normalized spacial score (nSPS) is 10.8. The Balaban J connectivity index is 1.89. The number of halogens is 2. The summed E-state index contributed by atoms with van der Waals surface area (Å²) >= 11 is 0. The molecule has 0 spiro atoms. The van der Waals surface area contributed by atoms with Crippen LogP contribution in [0.4, 0.5) is 8.78 Å². The topological polar surface area (TPSA) is 73.6 Å². The number of aromatic nitrogens is 1. The molecular formula is C17H20F2N2O4. The van der Waals surface area contributed by atoms with E-state index in [0.717, 1.165) is 11.3 Å². The van der Waals surface area contributed by atoms with Gasteiger partial charge in [-0.15, -0.1) is 0 Å². The molecule has 0 fully saturated rings. The number of benzene rings is 1. The average molecular weight is 354 g/mol. The molecule has 2 rings (SSSR count). The van der Waals surface area contributed by atoms with E-state index < -0.39 is 6.61 Å². The number of methoxy groups -OCH3 is 1. The standard InChI is InChI=1S/C17H20F2N2O4/c1-10-13(11(2)25-21-10)5-7-16(22)20-9-12-4-6-14(24-17(18)19)15(8-12)23-3/h4,6,8,17H,5,7,9H2,1-3H3,(H,20,22). The van der Waals surface area contributed by atoms with Crippen molar-refractivity contribution < 1.29 is 27.6 Å². The highest BCUT2D eigenvalue weighted by molar-refractivity contribution is 5.76. The first-order chi connectivity index (χ1) is 11.9. The molecule has 0 aliphatic carbocycles. The molecule has 1 amide bonds. The molecule has 2 aromatic rings. The van der Waals surface area contributed by atoms with Gasteiger partial charge in [0.1, 0.15) is 5.76 Å². The second-order valence-electron chi connectivity index (χ2n) is 5.44. The van der Waals surface area contributed by atoms with Gasteiger partial charge in [-0.1, -0.05) is 11.2 Å². The fourth-order valence-corrected chi connectivity index (χ4v) is 2.40. The van der Waals surface area contributed by atoms with Crippen molar-refractivity contribution in [2.24, 2.45) is 0 Å². The van der Waals surface area contributed by atoms with Crippen LogP contribution in [0.25, 0.3) is 0 Å². The van der Waals surface area contributed by atoms with E-state index in [2.05, 4.69) is 15.2 Å². The Labute approximate surface area is 144 Å². The highest BCUT2D eigenvalue weighted by atomic mass is 19.3. The molecular weight excluding hydrogens is 334 g/mol. The van der Waals surface area contributed by atoms with Gasteiger partial charge in [0.05, 0.1) is 12.8 Å². The van der Waals surface area contributed by atoms with Crippen LogP contribution in [0.5, 0.6) is 11.5 Å². The van der Waals surface area contributed by atoms with Gasteiger partial charge in [0.25, 0.3) is 0 Å². The highest BCUT2D eigenvalue weighted by Gasteiger charge is 2.13. The number of ether oxygens (including phenoxy) is 2. The van der Waals surface area contributed by atoms with E-state index >= 15 is 0 Å². The third-order valence-electron chi connectivity index (χ3n) is 3.72. The summed E-state index contributed by atoms with van der Waals surface area (Å²) in [5.41, 5.74) is 2.43. The average Bonchev–Trinajstić information content (AvgIpc) is 2.89. The van der Waals surface area contributed by atoms with Crippen molar-refractivity contribution in [2.45, 2.75) is 39.8 Å². The van der Waals surface area contributed by atoms with Crippen LogP contribution in [-0.2, 0) is 17.8 Å². The predicted molar refractivity (Wildman–Crippen MR) is 85.8 cm³/mol. The number of nitrogens with zero attached hydrogens (tertiary/aromatic N) is 1. The first-order valence-corrected chi connectivity index (χ1v) is 7.71. The second-order valence-corrected chi connectivity index (χ2v) is 5.44. The first-order valence-electron chi connectivity index (χ1n) is 7.71. The van der Waals surface area contributed by atoms with Crippen molar-refractivity contribution in [2.75, 3.05) is 7.11 Å². The molecule has 0 bridgehead atoms. The van der Waals surface area contributed by atoms with Crippen LogP contribution >= 0.6 is 0 Å². The maximum absolute atomic E-state index is 12.3. The Morgan fingerprint density at radius 1 is 1.32 bits per heavy atom. The lowest BCUT2D eigenvalue weighted by Gasteiger charge is -2.12. The first kappa shape index (κ1) is 18.7. The molecule has 0 aliphatic heterocycles. The van der Waals surface area contributed by atoms with Crippen LogP contribution in [-0.4, -0.2) is 24.8 Å². The fourth-order valence-electron chi connectivity index (χ4n) is 2.40. The van der Waals surface area contributed by atoms with Gasteiger partial charge in [0.15, 0.2) is 11.5 Å². The number of alkyl halides is 2. The summed E-state index contributed by atoms with van der Waals surface area (Å²) in [6.45, 7) is 0.969. The molecule has 1 N–H and O–H groups in total. The molecule has 0 saturated heterocycles. The van der Waals surface area contributed by atoms with Gasteiger partial charge in [-0.05, 0) is 38.0 Å². The van der Waals surface area contributed by atoms with Crippen LogP contribution in [0.2, 0.25) is 0 Å². The van der Waals surface area contributed by atoms with Gasteiger partial charge in [-0.25, -0.2) is 0 Å². The summed E-state index contributed by atoms with van der Waals surface area (Å²) < 4.78 is 39.1. The van der Waals surface area contributed by atoms with E-state index in [1.807, 2.05) is 13.8 Å². The molecule has 6 nitrogen and oxygen atoms in total. The number of hydrogen-bond acceptors (Lipinski definition) is 5. The minimum absolute atomic E-state index is 0.0500. The summed E-state index contributed by atoms with van der Waals surface area (Å²) in [5, 5.41) is 6.63. The van der Waals surface area contributed by atoms with Gasteiger partial charge < -0.3 is 19.3 Å². The molecule has 0 aliphatic rings. The predicted octanol–water partition coefficient (Wildman–Crippen LogP) is 3.15. The fraction of sp³-hybridized carbons (Fsp3) is 0.412. The van der Waals surface area contributed by atoms with E-state index in [4.69, 9.17) is 9.26 Å². The zero-order chi connectivity index (χ0) is 18.4. The van der Waals surface area contributed by atoms with Crippen LogP contribution in [0.15, 0.2) is 22.7 Å². The van der Waals surface area contributed by atoms with Crippen molar-refractivity contribution in [3.8, 4) is 11.5 Å². The van der Waals surface area contributed by atoms with Crippen LogP contribution in [0.1, 0.15) is 29.0 Å². The molecule has 1 aromatic heterocycles. The summed E-state index contributed by atoms with van der Waals surface area (Å²) in [5.74, 6) is 0.713. The monoisotopic (exact) mass is 354 g/mol. The largest absolute Gasteiger partial charge is 0.493 e. The van der Waals surface area contributed by atoms with E-state index in [0.29, 0.717) is 24.2 Å². The SMILES string of the molecule is COc1cc(CNC(=O)CCc2c(C)noc2C)ccc1OC(F)F. The van der Waals surface area contributed by atoms with Crippen LogP contribution in [0.3, 0.4) is 0 Å². The van der Waals surface area contributed by atoms with Crippen molar-refractivity contribution in [1.82, 2.24) is 10.5 Å². The van der Waals surface area contributed by atoms with Gasteiger partial charge in [0.2, 0.25) is 5.91 Å². The Kier molecular flexibility index (Phi) is 6.32. The van der Waals surface area contributed by atoms with E-state index in [1.165, 1.54) is 13.2 Å².